The molecule has 1 aromatic rings. The zero-order valence-corrected chi connectivity index (χ0v) is 10.2. The number of hydrogen-bond acceptors (Lipinski definition) is 1. The molecule has 0 radical (unpaired) electrons. The number of allylic oxidation sites excluding steroid dienone is 1. The lowest BCUT2D eigenvalue weighted by Gasteiger charge is -2.20. The van der Waals surface area contributed by atoms with E-state index in [9.17, 15) is 0 Å². The molecule has 0 fully saturated rings. The molecule has 1 heteroatoms. The second-order valence-electron chi connectivity index (χ2n) is 4.85. The molecule has 0 aliphatic rings. The number of hydrogen-bond donors (Lipinski definition) is 1. The van der Waals surface area contributed by atoms with Gasteiger partial charge in [0.25, 0.3) is 0 Å². The van der Waals surface area contributed by atoms with Crippen LogP contribution in [0.4, 0.5) is 0 Å². The van der Waals surface area contributed by atoms with E-state index in [4.69, 9.17) is 0 Å². The van der Waals surface area contributed by atoms with Crippen molar-refractivity contribution in [3.05, 3.63) is 41.5 Å². The van der Waals surface area contributed by atoms with Crippen molar-refractivity contribution in [1.82, 2.24) is 5.32 Å². The minimum absolute atomic E-state index is 0.183. The van der Waals surface area contributed by atoms with Crippen LogP contribution in [0.1, 0.15) is 38.8 Å². The van der Waals surface area contributed by atoms with Gasteiger partial charge in [-0.3, -0.25) is 0 Å². The summed E-state index contributed by atoms with van der Waals surface area (Å²) in [5.74, 6) is 0. The Bertz CT molecular complexity index is 314. The van der Waals surface area contributed by atoms with Crippen LogP contribution >= 0.6 is 0 Å². The smallest absolute Gasteiger partial charge is 0.0210 e. The molecule has 0 saturated carbocycles. The van der Waals surface area contributed by atoms with Gasteiger partial charge in [0.2, 0.25) is 0 Å². The largest absolute Gasteiger partial charge is 0.308 e. The van der Waals surface area contributed by atoms with Crippen LogP contribution in [0, 0.1) is 0 Å². The van der Waals surface area contributed by atoms with Crippen LogP contribution < -0.4 is 5.32 Å². The van der Waals surface area contributed by atoms with Crippen molar-refractivity contribution in [1.29, 1.82) is 0 Å². The number of rotatable bonds is 3. The molecule has 0 heterocycles. The van der Waals surface area contributed by atoms with Gasteiger partial charge in [-0.05, 0) is 38.8 Å². The molecule has 1 N–H and O–H groups in total. The molecular formula is C14H21N. The van der Waals surface area contributed by atoms with Crippen molar-refractivity contribution in [2.45, 2.75) is 39.8 Å². The van der Waals surface area contributed by atoms with Crippen LogP contribution in [0.2, 0.25) is 0 Å². The summed E-state index contributed by atoms with van der Waals surface area (Å²) in [6.45, 7) is 9.51. The molecule has 0 saturated heterocycles. The van der Waals surface area contributed by atoms with Crippen LogP contribution in [0.25, 0.3) is 6.08 Å². The Hall–Kier alpha value is -1.08. The minimum atomic E-state index is 0.183. The lowest BCUT2D eigenvalue weighted by Crippen LogP contribution is -2.35. The third-order valence-corrected chi connectivity index (χ3v) is 2.16. The highest BCUT2D eigenvalue weighted by molar-refractivity contribution is 5.49. The van der Waals surface area contributed by atoms with Crippen molar-refractivity contribution in [3.8, 4) is 0 Å². The van der Waals surface area contributed by atoms with Gasteiger partial charge in [-0.15, -0.1) is 0 Å². The molecule has 1 rings (SSSR count). The summed E-state index contributed by atoms with van der Waals surface area (Å²) in [5.41, 5.74) is 2.78. The van der Waals surface area contributed by atoms with Crippen LogP contribution in [-0.4, -0.2) is 5.54 Å². The molecular weight excluding hydrogens is 182 g/mol. The maximum atomic E-state index is 3.47. The van der Waals surface area contributed by atoms with E-state index in [-0.39, 0.29) is 5.54 Å². The Balaban J connectivity index is 2.57. The fourth-order valence-electron chi connectivity index (χ4n) is 1.31. The van der Waals surface area contributed by atoms with Gasteiger partial charge in [-0.1, -0.05) is 36.4 Å². The van der Waals surface area contributed by atoms with Crippen molar-refractivity contribution < 1.29 is 0 Å². The van der Waals surface area contributed by atoms with Crippen LogP contribution in [-0.2, 0) is 6.54 Å². The van der Waals surface area contributed by atoms with E-state index in [2.05, 4.69) is 62.5 Å². The molecule has 0 amide bonds. The Morgan fingerprint density at radius 1 is 1.13 bits per heavy atom. The van der Waals surface area contributed by atoms with Gasteiger partial charge in [0.15, 0.2) is 0 Å². The first-order valence-electron chi connectivity index (χ1n) is 5.48. The number of benzene rings is 1. The van der Waals surface area contributed by atoms with Gasteiger partial charge >= 0.3 is 0 Å². The molecule has 0 aliphatic heterocycles. The first-order valence-corrected chi connectivity index (χ1v) is 5.48. The molecule has 0 atom stereocenters. The van der Waals surface area contributed by atoms with Gasteiger partial charge < -0.3 is 5.32 Å². The van der Waals surface area contributed by atoms with E-state index in [1.807, 2.05) is 6.92 Å². The monoisotopic (exact) mass is 203 g/mol. The van der Waals surface area contributed by atoms with E-state index in [0.29, 0.717) is 0 Å². The maximum Gasteiger partial charge on any atom is 0.0210 e. The van der Waals surface area contributed by atoms with Crippen molar-refractivity contribution in [2.24, 2.45) is 0 Å². The van der Waals surface area contributed by atoms with Gasteiger partial charge in [-0.2, -0.15) is 0 Å². The van der Waals surface area contributed by atoms with Crippen molar-refractivity contribution in [2.75, 3.05) is 0 Å². The lowest BCUT2D eigenvalue weighted by molar-refractivity contribution is 0.424. The normalized spacial score (nSPS) is 12.3. The lowest BCUT2D eigenvalue weighted by atomic mass is 10.1. The standard InChI is InChI=1S/C14H21N/c1-5-6-12-7-9-13(10-8-12)11-15-14(2,3)4/h5-10,15H,11H2,1-4H3/b6-5+. The van der Waals surface area contributed by atoms with Crippen LogP contribution in [0.15, 0.2) is 30.3 Å². The quantitative estimate of drug-likeness (QED) is 0.791. The van der Waals surface area contributed by atoms with E-state index >= 15 is 0 Å². The molecule has 82 valence electrons. The highest BCUT2D eigenvalue weighted by Crippen LogP contribution is 2.08. The Labute approximate surface area is 93.2 Å². The van der Waals surface area contributed by atoms with Gasteiger partial charge in [-0.25, -0.2) is 0 Å². The van der Waals surface area contributed by atoms with E-state index in [1.54, 1.807) is 0 Å². The average molecular weight is 203 g/mol. The SMILES string of the molecule is C/C=C/c1ccc(CNC(C)(C)C)cc1. The zero-order valence-electron chi connectivity index (χ0n) is 10.2. The van der Waals surface area contributed by atoms with E-state index in [0.717, 1.165) is 6.54 Å². The van der Waals surface area contributed by atoms with Gasteiger partial charge in [0, 0.05) is 12.1 Å². The molecule has 0 aliphatic carbocycles. The third kappa shape index (κ3) is 4.80. The molecule has 0 bridgehead atoms. The summed E-state index contributed by atoms with van der Waals surface area (Å²) >= 11 is 0. The van der Waals surface area contributed by atoms with Gasteiger partial charge in [0.05, 0.1) is 0 Å². The second-order valence-corrected chi connectivity index (χ2v) is 4.85. The average Bonchev–Trinajstić information content (AvgIpc) is 2.16. The molecule has 15 heavy (non-hydrogen) atoms. The van der Waals surface area contributed by atoms with Crippen LogP contribution in [0.5, 0.6) is 0 Å². The van der Waals surface area contributed by atoms with Crippen molar-refractivity contribution in [3.63, 3.8) is 0 Å². The molecule has 0 spiro atoms. The Morgan fingerprint density at radius 2 is 1.73 bits per heavy atom. The topological polar surface area (TPSA) is 12.0 Å². The Kier molecular flexibility index (Phi) is 4.10. The highest BCUT2D eigenvalue weighted by Gasteiger charge is 2.07. The first kappa shape index (κ1) is 12.0. The molecule has 0 aromatic heterocycles. The second kappa shape index (κ2) is 5.13. The van der Waals surface area contributed by atoms with Gasteiger partial charge in [0.1, 0.15) is 0 Å². The van der Waals surface area contributed by atoms with E-state index < -0.39 is 0 Å². The first-order chi connectivity index (χ1) is 7.01. The van der Waals surface area contributed by atoms with E-state index in [1.165, 1.54) is 11.1 Å². The predicted molar refractivity (Wildman–Crippen MR) is 67.7 cm³/mol. The molecule has 1 aromatic carbocycles. The fourth-order valence-corrected chi connectivity index (χ4v) is 1.31. The third-order valence-electron chi connectivity index (χ3n) is 2.16. The zero-order chi connectivity index (χ0) is 11.3. The molecule has 1 nitrogen and oxygen atoms in total. The summed E-state index contributed by atoms with van der Waals surface area (Å²) in [7, 11) is 0. The predicted octanol–water partition coefficient (Wildman–Crippen LogP) is 3.61. The summed E-state index contributed by atoms with van der Waals surface area (Å²) in [5, 5.41) is 3.47. The maximum absolute atomic E-state index is 3.47. The summed E-state index contributed by atoms with van der Waals surface area (Å²) in [6.07, 6.45) is 4.17. The summed E-state index contributed by atoms with van der Waals surface area (Å²) < 4.78 is 0. The van der Waals surface area contributed by atoms with Crippen molar-refractivity contribution >= 4 is 6.08 Å². The Morgan fingerprint density at radius 3 is 2.20 bits per heavy atom. The number of nitrogens with one attached hydrogen (secondary N) is 1. The molecule has 0 unspecified atom stereocenters. The fraction of sp³-hybridized carbons (Fsp3) is 0.429. The summed E-state index contributed by atoms with van der Waals surface area (Å²) in [6, 6.07) is 8.65. The van der Waals surface area contributed by atoms with Crippen LogP contribution in [0.3, 0.4) is 0 Å². The minimum Gasteiger partial charge on any atom is -0.308 e. The highest BCUT2D eigenvalue weighted by atomic mass is 14.9. The summed E-state index contributed by atoms with van der Waals surface area (Å²) in [4.78, 5) is 0.